The SMILES string of the molecule is Cc1ccc(C(=O)O)c(N2CCCC2)n1. The lowest BCUT2D eigenvalue weighted by Gasteiger charge is -2.18. The molecule has 1 aromatic rings. The van der Waals surface area contributed by atoms with E-state index in [0.717, 1.165) is 31.6 Å². The zero-order valence-electron chi connectivity index (χ0n) is 8.73. The third-order valence-corrected chi connectivity index (χ3v) is 2.65. The van der Waals surface area contributed by atoms with Gasteiger partial charge in [0.15, 0.2) is 0 Å². The molecule has 1 aromatic heterocycles. The average molecular weight is 206 g/mol. The van der Waals surface area contributed by atoms with Gasteiger partial charge in [-0.05, 0) is 31.9 Å². The van der Waals surface area contributed by atoms with Gasteiger partial charge in [-0.15, -0.1) is 0 Å². The molecule has 2 rings (SSSR count). The lowest BCUT2D eigenvalue weighted by molar-refractivity contribution is 0.0697. The van der Waals surface area contributed by atoms with Gasteiger partial charge >= 0.3 is 5.97 Å². The number of hydrogen-bond donors (Lipinski definition) is 1. The highest BCUT2D eigenvalue weighted by Gasteiger charge is 2.20. The van der Waals surface area contributed by atoms with Crippen LogP contribution in [0.3, 0.4) is 0 Å². The summed E-state index contributed by atoms with van der Waals surface area (Å²) in [5, 5.41) is 9.05. The minimum atomic E-state index is -0.899. The first-order chi connectivity index (χ1) is 7.18. The molecular weight excluding hydrogens is 192 g/mol. The zero-order chi connectivity index (χ0) is 10.8. The van der Waals surface area contributed by atoms with Crippen molar-refractivity contribution in [3.8, 4) is 0 Å². The van der Waals surface area contributed by atoms with Crippen LogP contribution in [0.5, 0.6) is 0 Å². The van der Waals surface area contributed by atoms with Gasteiger partial charge in [-0.25, -0.2) is 9.78 Å². The average Bonchev–Trinajstić information content (AvgIpc) is 2.69. The molecule has 0 spiro atoms. The van der Waals surface area contributed by atoms with Gasteiger partial charge in [-0.3, -0.25) is 0 Å². The molecular formula is C11H14N2O2. The number of carboxylic acid groups (broad SMARTS) is 1. The monoisotopic (exact) mass is 206 g/mol. The summed E-state index contributed by atoms with van der Waals surface area (Å²) in [6, 6.07) is 3.38. The number of nitrogens with zero attached hydrogens (tertiary/aromatic N) is 2. The second-order valence-electron chi connectivity index (χ2n) is 3.82. The van der Waals surface area contributed by atoms with E-state index < -0.39 is 5.97 Å². The van der Waals surface area contributed by atoms with Crippen molar-refractivity contribution >= 4 is 11.8 Å². The zero-order valence-corrected chi connectivity index (χ0v) is 8.73. The number of aryl methyl sites for hydroxylation is 1. The van der Waals surface area contributed by atoms with Crippen LogP contribution < -0.4 is 4.90 Å². The molecule has 0 aliphatic carbocycles. The van der Waals surface area contributed by atoms with Crippen molar-refractivity contribution in [3.63, 3.8) is 0 Å². The molecule has 0 atom stereocenters. The van der Waals surface area contributed by atoms with Crippen LogP contribution in [-0.4, -0.2) is 29.1 Å². The summed E-state index contributed by atoms with van der Waals surface area (Å²) in [4.78, 5) is 17.4. The van der Waals surface area contributed by atoms with Crippen LogP contribution in [0.25, 0.3) is 0 Å². The quantitative estimate of drug-likeness (QED) is 0.800. The maximum Gasteiger partial charge on any atom is 0.339 e. The van der Waals surface area contributed by atoms with Gasteiger partial charge in [-0.2, -0.15) is 0 Å². The standard InChI is InChI=1S/C11H14N2O2/c1-8-4-5-9(11(14)15)10(12-8)13-6-2-3-7-13/h4-5H,2-3,6-7H2,1H3,(H,14,15). The fourth-order valence-corrected chi connectivity index (χ4v) is 1.88. The lowest BCUT2D eigenvalue weighted by Crippen LogP contribution is -2.22. The highest BCUT2D eigenvalue weighted by molar-refractivity contribution is 5.93. The van der Waals surface area contributed by atoms with Crippen LogP contribution in [-0.2, 0) is 0 Å². The summed E-state index contributed by atoms with van der Waals surface area (Å²) in [5.74, 6) is -0.274. The van der Waals surface area contributed by atoms with Crippen LogP contribution in [0.15, 0.2) is 12.1 Å². The van der Waals surface area contributed by atoms with E-state index in [0.29, 0.717) is 11.4 Å². The number of carboxylic acids is 1. The van der Waals surface area contributed by atoms with Crippen LogP contribution in [0.4, 0.5) is 5.82 Å². The molecule has 80 valence electrons. The van der Waals surface area contributed by atoms with Gasteiger partial charge in [0.25, 0.3) is 0 Å². The maximum absolute atomic E-state index is 11.0. The molecule has 15 heavy (non-hydrogen) atoms. The number of rotatable bonds is 2. The Bertz CT molecular complexity index is 384. The molecule has 1 fully saturated rings. The van der Waals surface area contributed by atoms with Crippen molar-refractivity contribution < 1.29 is 9.90 Å². The van der Waals surface area contributed by atoms with E-state index in [1.54, 1.807) is 12.1 Å². The molecule has 4 nitrogen and oxygen atoms in total. The molecule has 0 amide bonds. The second-order valence-corrected chi connectivity index (χ2v) is 3.82. The number of aromatic nitrogens is 1. The first kappa shape index (κ1) is 9.96. The fraction of sp³-hybridized carbons (Fsp3) is 0.455. The van der Waals surface area contributed by atoms with Crippen LogP contribution >= 0.6 is 0 Å². The second kappa shape index (κ2) is 3.88. The Kier molecular flexibility index (Phi) is 2.58. The van der Waals surface area contributed by atoms with Crippen LogP contribution in [0.2, 0.25) is 0 Å². The van der Waals surface area contributed by atoms with Gasteiger partial charge in [0.05, 0.1) is 0 Å². The van der Waals surface area contributed by atoms with E-state index >= 15 is 0 Å². The Labute approximate surface area is 88.6 Å². The predicted molar refractivity (Wildman–Crippen MR) is 57.4 cm³/mol. The Hall–Kier alpha value is -1.58. The molecule has 1 aliphatic rings. The number of hydrogen-bond acceptors (Lipinski definition) is 3. The Morgan fingerprint density at radius 2 is 2.07 bits per heavy atom. The summed E-state index contributed by atoms with van der Waals surface area (Å²) in [6.07, 6.45) is 2.24. The smallest absolute Gasteiger partial charge is 0.339 e. The maximum atomic E-state index is 11.0. The molecule has 0 bridgehead atoms. The number of anilines is 1. The first-order valence-electron chi connectivity index (χ1n) is 5.14. The molecule has 4 heteroatoms. The van der Waals surface area contributed by atoms with Crippen molar-refractivity contribution in [1.29, 1.82) is 0 Å². The van der Waals surface area contributed by atoms with Crippen molar-refractivity contribution in [3.05, 3.63) is 23.4 Å². The van der Waals surface area contributed by atoms with E-state index in [1.807, 2.05) is 6.92 Å². The molecule has 0 aromatic carbocycles. The highest BCUT2D eigenvalue weighted by Crippen LogP contribution is 2.22. The highest BCUT2D eigenvalue weighted by atomic mass is 16.4. The molecule has 0 unspecified atom stereocenters. The van der Waals surface area contributed by atoms with Crippen LogP contribution in [0.1, 0.15) is 28.9 Å². The molecule has 2 heterocycles. The molecule has 1 saturated heterocycles. The van der Waals surface area contributed by atoms with Crippen molar-refractivity contribution in [2.24, 2.45) is 0 Å². The first-order valence-corrected chi connectivity index (χ1v) is 5.14. The van der Waals surface area contributed by atoms with Gasteiger partial charge in [0.2, 0.25) is 0 Å². The van der Waals surface area contributed by atoms with E-state index in [4.69, 9.17) is 5.11 Å². The van der Waals surface area contributed by atoms with Crippen molar-refractivity contribution in [2.45, 2.75) is 19.8 Å². The Morgan fingerprint density at radius 3 is 2.67 bits per heavy atom. The third kappa shape index (κ3) is 1.93. The largest absolute Gasteiger partial charge is 0.478 e. The number of carbonyl (C=O) groups is 1. The normalized spacial score (nSPS) is 15.7. The summed E-state index contributed by atoms with van der Waals surface area (Å²) < 4.78 is 0. The number of pyridine rings is 1. The molecule has 1 N–H and O–H groups in total. The summed E-state index contributed by atoms with van der Waals surface area (Å²) in [5.41, 5.74) is 1.17. The van der Waals surface area contributed by atoms with Crippen molar-refractivity contribution in [2.75, 3.05) is 18.0 Å². The van der Waals surface area contributed by atoms with E-state index in [-0.39, 0.29) is 0 Å². The van der Waals surface area contributed by atoms with Gasteiger partial charge in [0, 0.05) is 18.8 Å². The van der Waals surface area contributed by atoms with E-state index in [9.17, 15) is 4.79 Å². The Morgan fingerprint density at radius 1 is 1.40 bits per heavy atom. The van der Waals surface area contributed by atoms with E-state index in [2.05, 4.69) is 9.88 Å². The molecule has 0 radical (unpaired) electrons. The minimum absolute atomic E-state index is 0.308. The summed E-state index contributed by atoms with van der Waals surface area (Å²) in [7, 11) is 0. The molecule has 1 aliphatic heterocycles. The third-order valence-electron chi connectivity index (χ3n) is 2.65. The number of aromatic carboxylic acids is 1. The van der Waals surface area contributed by atoms with Crippen molar-refractivity contribution in [1.82, 2.24) is 4.98 Å². The van der Waals surface area contributed by atoms with Gasteiger partial charge < -0.3 is 10.0 Å². The van der Waals surface area contributed by atoms with E-state index in [1.165, 1.54) is 0 Å². The Balaban J connectivity index is 2.41. The summed E-state index contributed by atoms with van der Waals surface area (Å²) >= 11 is 0. The topological polar surface area (TPSA) is 53.4 Å². The molecule has 0 saturated carbocycles. The predicted octanol–water partition coefficient (Wildman–Crippen LogP) is 1.69. The van der Waals surface area contributed by atoms with Gasteiger partial charge in [-0.1, -0.05) is 0 Å². The fourth-order valence-electron chi connectivity index (χ4n) is 1.88. The minimum Gasteiger partial charge on any atom is -0.478 e. The lowest BCUT2D eigenvalue weighted by atomic mass is 10.2. The summed E-state index contributed by atoms with van der Waals surface area (Å²) in [6.45, 7) is 3.71. The van der Waals surface area contributed by atoms with Gasteiger partial charge in [0.1, 0.15) is 11.4 Å². The van der Waals surface area contributed by atoms with Crippen LogP contribution in [0, 0.1) is 6.92 Å².